The molecule has 0 unspecified atom stereocenters. The minimum Gasteiger partial charge on any atom is -0.331 e. The van der Waals surface area contributed by atoms with Gasteiger partial charge in [0.15, 0.2) is 0 Å². The number of carbonyl (C=O) groups is 1. The molecule has 19 heavy (non-hydrogen) atoms. The normalized spacial score (nSPS) is 10.3. The zero-order valence-electron chi connectivity index (χ0n) is 11.6. The van der Waals surface area contributed by atoms with Crippen LogP contribution in [0.15, 0.2) is 30.3 Å². The first-order valence-electron chi connectivity index (χ1n) is 6.10. The van der Waals surface area contributed by atoms with E-state index in [2.05, 4.69) is 10.4 Å². The number of para-hydroxylation sites is 2. The average Bonchev–Trinajstić information content (AvgIpc) is 2.69. The van der Waals surface area contributed by atoms with Gasteiger partial charge in [-0.05, 0) is 32.0 Å². The number of nitrogens with zero attached hydrogens (tertiary/aromatic N) is 3. The number of benzene rings is 1. The van der Waals surface area contributed by atoms with Crippen molar-refractivity contribution in [1.29, 1.82) is 0 Å². The monoisotopic (exact) mass is 258 g/mol. The largest absolute Gasteiger partial charge is 0.331 e. The number of hydrogen-bond donors (Lipinski definition) is 1. The average molecular weight is 258 g/mol. The van der Waals surface area contributed by atoms with Crippen LogP contribution in [-0.2, 0) is 0 Å². The number of anilines is 1. The maximum atomic E-state index is 11.8. The summed E-state index contributed by atoms with van der Waals surface area (Å²) in [5.41, 5.74) is 3.59. The first kappa shape index (κ1) is 13.1. The van der Waals surface area contributed by atoms with Crippen LogP contribution in [0.25, 0.3) is 5.69 Å². The van der Waals surface area contributed by atoms with E-state index < -0.39 is 0 Å². The van der Waals surface area contributed by atoms with Crippen LogP contribution in [0.1, 0.15) is 11.4 Å². The molecule has 1 N–H and O–H groups in total. The molecule has 1 aromatic heterocycles. The van der Waals surface area contributed by atoms with Gasteiger partial charge in [-0.3, -0.25) is 0 Å². The van der Waals surface area contributed by atoms with Gasteiger partial charge < -0.3 is 10.2 Å². The van der Waals surface area contributed by atoms with E-state index in [4.69, 9.17) is 0 Å². The number of aryl methyl sites for hydroxylation is 2. The third-order valence-electron chi connectivity index (χ3n) is 2.79. The van der Waals surface area contributed by atoms with E-state index >= 15 is 0 Å². The van der Waals surface area contributed by atoms with Gasteiger partial charge in [0.25, 0.3) is 0 Å². The van der Waals surface area contributed by atoms with Crippen LogP contribution in [0.4, 0.5) is 10.5 Å². The molecule has 2 amide bonds. The second kappa shape index (κ2) is 5.14. The second-order valence-corrected chi connectivity index (χ2v) is 4.68. The molecule has 2 aromatic rings. The maximum Gasteiger partial charge on any atom is 0.321 e. The Morgan fingerprint density at radius 2 is 1.95 bits per heavy atom. The van der Waals surface area contributed by atoms with E-state index in [-0.39, 0.29) is 6.03 Å². The molecule has 5 nitrogen and oxygen atoms in total. The van der Waals surface area contributed by atoms with Gasteiger partial charge in [0.1, 0.15) is 0 Å². The van der Waals surface area contributed by atoms with Crippen molar-refractivity contribution in [2.75, 3.05) is 19.4 Å². The Labute approximate surface area is 112 Å². The molecule has 100 valence electrons. The van der Waals surface area contributed by atoms with Crippen molar-refractivity contribution >= 4 is 11.7 Å². The van der Waals surface area contributed by atoms with Crippen molar-refractivity contribution in [3.8, 4) is 5.69 Å². The first-order chi connectivity index (χ1) is 8.99. The van der Waals surface area contributed by atoms with E-state index in [1.54, 1.807) is 14.1 Å². The summed E-state index contributed by atoms with van der Waals surface area (Å²) in [7, 11) is 3.42. The van der Waals surface area contributed by atoms with Crippen molar-refractivity contribution in [3.05, 3.63) is 41.7 Å². The quantitative estimate of drug-likeness (QED) is 0.900. The van der Waals surface area contributed by atoms with Gasteiger partial charge in [0.2, 0.25) is 0 Å². The molecule has 0 saturated heterocycles. The molecule has 2 rings (SSSR count). The Kier molecular flexibility index (Phi) is 3.55. The number of carbonyl (C=O) groups excluding carboxylic acids is 1. The fourth-order valence-electron chi connectivity index (χ4n) is 1.86. The highest BCUT2D eigenvalue weighted by Crippen LogP contribution is 2.21. The predicted molar refractivity (Wildman–Crippen MR) is 75.7 cm³/mol. The fraction of sp³-hybridized carbons (Fsp3) is 0.286. The number of aromatic nitrogens is 2. The standard InChI is InChI=1S/C14H18N4O/c1-10-9-11(2)18(16-10)13-8-6-5-7-12(13)15-14(19)17(3)4/h5-9H,1-4H3,(H,15,19). The summed E-state index contributed by atoms with van der Waals surface area (Å²) in [6, 6.07) is 9.47. The summed E-state index contributed by atoms with van der Waals surface area (Å²) in [5.74, 6) is 0. The van der Waals surface area contributed by atoms with Crippen LogP contribution in [0.3, 0.4) is 0 Å². The maximum absolute atomic E-state index is 11.8. The third kappa shape index (κ3) is 2.76. The SMILES string of the molecule is Cc1cc(C)n(-c2ccccc2NC(=O)N(C)C)n1. The van der Waals surface area contributed by atoms with E-state index in [0.29, 0.717) is 0 Å². The highest BCUT2D eigenvalue weighted by molar-refractivity contribution is 5.91. The number of nitrogens with one attached hydrogen (secondary N) is 1. The zero-order valence-corrected chi connectivity index (χ0v) is 11.6. The molecule has 0 bridgehead atoms. The molecule has 0 aliphatic rings. The Morgan fingerprint density at radius 1 is 1.26 bits per heavy atom. The van der Waals surface area contributed by atoms with Gasteiger partial charge in [-0.25, -0.2) is 9.48 Å². The lowest BCUT2D eigenvalue weighted by Crippen LogP contribution is -2.27. The van der Waals surface area contributed by atoms with Crippen LogP contribution < -0.4 is 5.32 Å². The smallest absolute Gasteiger partial charge is 0.321 e. The van der Waals surface area contributed by atoms with E-state index in [0.717, 1.165) is 22.8 Å². The van der Waals surface area contributed by atoms with Crippen LogP contribution >= 0.6 is 0 Å². The summed E-state index contributed by atoms with van der Waals surface area (Å²) >= 11 is 0. The van der Waals surface area contributed by atoms with Crippen molar-refractivity contribution in [3.63, 3.8) is 0 Å². The lowest BCUT2D eigenvalue weighted by atomic mass is 10.2. The number of rotatable bonds is 2. The van der Waals surface area contributed by atoms with E-state index in [1.807, 2.05) is 48.9 Å². The van der Waals surface area contributed by atoms with Crippen LogP contribution in [0, 0.1) is 13.8 Å². The number of amides is 2. The van der Waals surface area contributed by atoms with Crippen LogP contribution in [0.2, 0.25) is 0 Å². The van der Waals surface area contributed by atoms with Crippen molar-refractivity contribution < 1.29 is 4.79 Å². The van der Waals surface area contributed by atoms with Crippen molar-refractivity contribution in [2.45, 2.75) is 13.8 Å². The molecule has 1 aromatic carbocycles. The predicted octanol–water partition coefficient (Wildman–Crippen LogP) is 2.58. The van der Waals surface area contributed by atoms with Gasteiger partial charge in [0.05, 0.1) is 17.1 Å². The van der Waals surface area contributed by atoms with Gasteiger partial charge in [0, 0.05) is 19.8 Å². The Bertz CT molecular complexity index is 601. The summed E-state index contributed by atoms with van der Waals surface area (Å²) < 4.78 is 1.83. The van der Waals surface area contributed by atoms with E-state index in [9.17, 15) is 4.79 Å². The van der Waals surface area contributed by atoms with Gasteiger partial charge >= 0.3 is 6.03 Å². The molecule has 0 fully saturated rings. The third-order valence-corrected chi connectivity index (χ3v) is 2.79. The first-order valence-corrected chi connectivity index (χ1v) is 6.10. The van der Waals surface area contributed by atoms with E-state index in [1.165, 1.54) is 4.90 Å². The van der Waals surface area contributed by atoms with Crippen molar-refractivity contribution in [2.24, 2.45) is 0 Å². The molecular weight excluding hydrogens is 240 g/mol. The summed E-state index contributed by atoms with van der Waals surface area (Å²) in [6.45, 7) is 3.94. The molecule has 0 atom stereocenters. The lowest BCUT2D eigenvalue weighted by molar-refractivity contribution is 0.230. The molecule has 0 radical (unpaired) electrons. The Balaban J connectivity index is 2.42. The molecule has 0 spiro atoms. The van der Waals surface area contributed by atoms with Gasteiger partial charge in [-0.1, -0.05) is 12.1 Å². The summed E-state index contributed by atoms with van der Waals surface area (Å²) in [5, 5.41) is 7.32. The molecule has 0 saturated carbocycles. The van der Waals surface area contributed by atoms with Crippen molar-refractivity contribution in [1.82, 2.24) is 14.7 Å². The molecule has 1 heterocycles. The topological polar surface area (TPSA) is 50.2 Å². The molecule has 5 heteroatoms. The second-order valence-electron chi connectivity index (χ2n) is 4.68. The minimum absolute atomic E-state index is 0.158. The lowest BCUT2D eigenvalue weighted by Gasteiger charge is -2.15. The van der Waals surface area contributed by atoms with Crippen LogP contribution in [0.5, 0.6) is 0 Å². The number of hydrogen-bond acceptors (Lipinski definition) is 2. The Hall–Kier alpha value is -2.30. The highest BCUT2D eigenvalue weighted by Gasteiger charge is 2.11. The molecule has 0 aliphatic heterocycles. The Morgan fingerprint density at radius 3 is 2.53 bits per heavy atom. The minimum atomic E-state index is -0.158. The fourth-order valence-corrected chi connectivity index (χ4v) is 1.86. The summed E-state index contributed by atoms with van der Waals surface area (Å²) in [4.78, 5) is 13.3. The highest BCUT2D eigenvalue weighted by atomic mass is 16.2. The number of urea groups is 1. The zero-order chi connectivity index (χ0) is 14.0. The van der Waals surface area contributed by atoms with Gasteiger partial charge in [-0.2, -0.15) is 5.10 Å². The molecular formula is C14H18N4O. The summed E-state index contributed by atoms with van der Waals surface area (Å²) in [6.07, 6.45) is 0. The van der Waals surface area contributed by atoms with Gasteiger partial charge in [-0.15, -0.1) is 0 Å². The van der Waals surface area contributed by atoms with Crippen LogP contribution in [-0.4, -0.2) is 34.8 Å². The molecule has 0 aliphatic carbocycles.